The van der Waals surface area contributed by atoms with Crippen molar-refractivity contribution in [3.63, 3.8) is 0 Å². The summed E-state index contributed by atoms with van der Waals surface area (Å²) in [5, 5.41) is 15.3. The van der Waals surface area contributed by atoms with Crippen LogP contribution >= 0.6 is 0 Å². The van der Waals surface area contributed by atoms with Gasteiger partial charge in [-0.05, 0) is 55.5 Å². The standard InChI is InChI=1S/C13H25N5O/c1-3-7-14-11(2)13-15-16-17-18(13)8-4-9-19-10-12-5-6-12/h11-12,14H,3-10H2,1-2H3. The van der Waals surface area contributed by atoms with Crippen LogP contribution in [0.1, 0.15) is 51.4 Å². The summed E-state index contributed by atoms with van der Waals surface area (Å²) in [6.45, 7) is 7.79. The lowest BCUT2D eigenvalue weighted by molar-refractivity contribution is 0.118. The van der Waals surface area contributed by atoms with Crippen molar-refractivity contribution in [2.24, 2.45) is 5.92 Å². The highest BCUT2D eigenvalue weighted by Crippen LogP contribution is 2.28. The Morgan fingerprint density at radius 2 is 2.32 bits per heavy atom. The van der Waals surface area contributed by atoms with Gasteiger partial charge in [-0.15, -0.1) is 5.10 Å². The molecule has 0 spiro atoms. The molecule has 1 aliphatic rings. The summed E-state index contributed by atoms with van der Waals surface area (Å²) in [7, 11) is 0. The first kappa shape index (κ1) is 14.4. The summed E-state index contributed by atoms with van der Waals surface area (Å²) >= 11 is 0. The van der Waals surface area contributed by atoms with E-state index in [0.29, 0.717) is 0 Å². The van der Waals surface area contributed by atoms with E-state index in [4.69, 9.17) is 4.74 Å². The van der Waals surface area contributed by atoms with Gasteiger partial charge in [0.2, 0.25) is 0 Å². The van der Waals surface area contributed by atoms with E-state index in [2.05, 4.69) is 34.7 Å². The fraction of sp³-hybridized carbons (Fsp3) is 0.923. The molecule has 1 heterocycles. The molecule has 2 rings (SSSR count). The SMILES string of the molecule is CCCNC(C)c1nnnn1CCCOCC1CC1. The summed E-state index contributed by atoms with van der Waals surface area (Å²) in [4.78, 5) is 0. The Balaban J connectivity index is 1.68. The summed E-state index contributed by atoms with van der Waals surface area (Å²) in [6.07, 6.45) is 4.77. The minimum atomic E-state index is 0.197. The third kappa shape index (κ3) is 4.87. The maximum Gasteiger partial charge on any atom is 0.167 e. The van der Waals surface area contributed by atoms with E-state index in [9.17, 15) is 0 Å². The molecule has 1 saturated carbocycles. The van der Waals surface area contributed by atoms with Gasteiger partial charge in [0.05, 0.1) is 6.04 Å². The molecule has 0 aliphatic heterocycles. The topological polar surface area (TPSA) is 64.9 Å². The number of ether oxygens (including phenoxy) is 1. The van der Waals surface area contributed by atoms with Crippen molar-refractivity contribution in [2.75, 3.05) is 19.8 Å². The molecule has 1 atom stereocenters. The van der Waals surface area contributed by atoms with E-state index in [0.717, 1.165) is 50.9 Å². The summed E-state index contributed by atoms with van der Waals surface area (Å²) in [6, 6.07) is 0.197. The summed E-state index contributed by atoms with van der Waals surface area (Å²) < 4.78 is 7.51. The molecule has 0 bridgehead atoms. The van der Waals surface area contributed by atoms with E-state index in [1.807, 2.05) is 4.68 Å². The smallest absolute Gasteiger partial charge is 0.167 e. The normalized spacial score (nSPS) is 16.7. The Kier molecular flexibility index (Phi) is 5.72. The van der Waals surface area contributed by atoms with Gasteiger partial charge in [0, 0.05) is 19.8 Å². The number of nitrogens with one attached hydrogen (secondary N) is 1. The zero-order chi connectivity index (χ0) is 13.5. The average molecular weight is 267 g/mol. The van der Waals surface area contributed by atoms with Crippen LogP contribution < -0.4 is 5.32 Å². The summed E-state index contributed by atoms with van der Waals surface area (Å²) in [5.41, 5.74) is 0. The second kappa shape index (κ2) is 7.55. The molecule has 6 heteroatoms. The van der Waals surface area contributed by atoms with Crippen LogP contribution in [-0.2, 0) is 11.3 Å². The predicted molar refractivity (Wildman–Crippen MR) is 72.7 cm³/mol. The maximum atomic E-state index is 5.62. The molecule has 1 aromatic heterocycles. The molecule has 0 radical (unpaired) electrons. The lowest BCUT2D eigenvalue weighted by atomic mass is 10.3. The van der Waals surface area contributed by atoms with Crippen LogP contribution in [0, 0.1) is 5.92 Å². The molecular formula is C13H25N5O. The largest absolute Gasteiger partial charge is 0.381 e. The van der Waals surface area contributed by atoms with Crippen LogP contribution in [0.15, 0.2) is 0 Å². The van der Waals surface area contributed by atoms with Crippen LogP contribution in [-0.4, -0.2) is 40.0 Å². The van der Waals surface area contributed by atoms with E-state index < -0.39 is 0 Å². The molecule has 6 nitrogen and oxygen atoms in total. The van der Waals surface area contributed by atoms with Gasteiger partial charge < -0.3 is 10.1 Å². The molecule has 1 aromatic rings. The van der Waals surface area contributed by atoms with Crippen LogP contribution in [0.5, 0.6) is 0 Å². The Labute approximate surface area is 114 Å². The molecule has 0 saturated heterocycles. The number of rotatable bonds is 10. The van der Waals surface area contributed by atoms with Crippen LogP contribution in [0.25, 0.3) is 0 Å². The van der Waals surface area contributed by atoms with Gasteiger partial charge in [-0.3, -0.25) is 0 Å². The van der Waals surface area contributed by atoms with Crippen molar-refractivity contribution in [3.8, 4) is 0 Å². The fourth-order valence-corrected chi connectivity index (χ4v) is 1.98. The minimum absolute atomic E-state index is 0.197. The third-order valence-corrected chi connectivity index (χ3v) is 3.36. The number of tetrazole rings is 1. The Hall–Kier alpha value is -1.01. The van der Waals surface area contributed by atoms with Crippen molar-refractivity contribution in [1.82, 2.24) is 25.5 Å². The van der Waals surface area contributed by atoms with Gasteiger partial charge in [-0.25, -0.2) is 4.68 Å². The second-order valence-corrected chi connectivity index (χ2v) is 5.31. The lowest BCUT2D eigenvalue weighted by Crippen LogP contribution is -2.23. The molecule has 19 heavy (non-hydrogen) atoms. The molecule has 1 unspecified atom stereocenters. The molecule has 1 fully saturated rings. The number of aryl methyl sites for hydroxylation is 1. The monoisotopic (exact) mass is 267 g/mol. The van der Waals surface area contributed by atoms with E-state index in [1.54, 1.807) is 0 Å². The van der Waals surface area contributed by atoms with Crippen LogP contribution in [0.4, 0.5) is 0 Å². The van der Waals surface area contributed by atoms with E-state index >= 15 is 0 Å². The molecular weight excluding hydrogens is 242 g/mol. The van der Waals surface area contributed by atoms with Gasteiger partial charge in [-0.2, -0.15) is 0 Å². The molecule has 1 N–H and O–H groups in total. The maximum absolute atomic E-state index is 5.62. The molecule has 0 aromatic carbocycles. The van der Waals surface area contributed by atoms with Gasteiger partial charge in [-0.1, -0.05) is 6.92 Å². The number of hydrogen-bond donors (Lipinski definition) is 1. The average Bonchev–Trinajstić information content (AvgIpc) is 3.12. The Morgan fingerprint density at radius 1 is 1.47 bits per heavy atom. The highest BCUT2D eigenvalue weighted by molar-refractivity contribution is 4.89. The molecule has 108 valence electrons. The van der Waals surface area contributed by atoms with Gasteiger partial charge in [0.1, 0.15) is 0 Å². The van der Waals surface area contributed by atoms with E-state index in [-0.39, 0.29) is 6.04 Å². The molecule has 0 amide bonds. The minimum Gasteiger partial charge on any atom is -0.381 e. The van der Waals surface area contributed by atoms with Crippen molar-refractivity contribution < 1.29 is 4.74 Å². The lowest BCUT2D eigenvalue weighted by Gasteiger charge is -2.12. The predicted octanol–water partition coefficient (Wildman–Crippen LogP) is 1.55. The Morgan fingerprint density at radius 3 is 3.05 bits per heavy atom. The Bertz CT molecular complexity index is 364. The van der Waals surface area contributed by atoms with Crippen LogP contribution in [0.2, 0.25) is 0 Å². The first-order chi connectivity index (χ1) is 9.31. The van der Waals surface area contributed by atoms with Crippen molar-refractivity contribution in [2.45, 2.75) is 52.1 Å². The van der Waals surface area contributed by atoms with Crippen LogP contribution in [0.3, 0.4) is 0 Å². The highest BCUT2D eigenvalue weighted by atomic mass is 16.5. The number of hydrogen-bond acceptors (Lipinski definition) is 5. The molecule has 1 aliphatic carbocycles. The zero-order valence-corrected chi connectivity index (χ0v) is 12.0. The van der Waals surface area contributed by atoms with Gasteiger partial charge in [0.25, 0.3) is 0 Å². The zero-order valence-electron chi connectivity index (χ0n) is 12.0. The first-order valence-electron chi connectivity index (χ1n) is 7.38. The van der Waals surface area contributed by atoms with E-state index in [1.165, 1.54) is 12.8 Å². The second-order valence-electron chi connectivity index (χ2n) is 5.31. The quantitative estimate of drug-likeness (QED) is 0.652. The van der Waals surface area contributed by atoms with Crippen molar-refractivity contribution in [3.05, 3.63) is 5.82 Å². The van der Waals surface area contributed by atoms with Gasteiger partial charge >= 0.3 is 0 Å². The summed E-state index contributed by atoms with van der Waals surface area (Å²) in [5.74, 6) is 1.75. The fourth-order valence-electron chi connectivity index (χ4n) is 1.98. The number of nitrogens with zero attached hydrogens (tertiary/aromatic N) is 4. The third-order valence-electron chi connectivity index (χ3n) is 3.36. The van der Waals surface area contributed by atoms with Crippen molar-refractivity contribution in [1.29, 1.82) is 0 Å². The van der Waals surface area contributed by atoms with Crippen molar-refractivity contribution >= 4 is 0 Å². The first-order valence-corrected chi connectivity index (χ1v) is 7.38. The number of aromatic nitrogens is 4. The highest BCUT2D eigenvalue weighted by Gasteiger charge is 2.21. The van der Waals surface area contributed by atoms with Gasteiger partial charge in [0.15, 0.2) is 5.82 Å².